The lowest BCUT2D eigenvalue weighted by Gasteiger charge is -2.32. The molecule has 1 saturated heterocycles. The third-order valence-electron chi connectivity index (χ3n) is 5.90. The highest BCUT2D eigenvalue weighted by Crippen LogP contribution is 2.25. The summed E-state index contributed by atoms with van der Waals surface area (Å²) >= 11 is 0. The van der Waals surface area contributed by atoms with Crippen LogP contribution in [0.3, 0.4) is 0 Å². The molecule has 2 aromatic rings. The van der Waals surface area contributed by atoms with Gasteiger partial charge in [0.05, 0.1) is 0 Å². The quantitative estimate of drug-likeness (QED) is 0.669. The summed E-state index contributed by atoms with van der Waals surface area (Å²) in [6.07, 6.45) is 4.12. The SMILES string of the molecule is CC(C)CN1CCC[C@H]1CC[Si](C)(c1ccccc1)c1ccccc1. The molecule has 0 N–H and O–H groups in total. The van der Waals surface area contributed by atoms with Crippen LogP contribution in [0.1, 0.15) is 33.1 Å². The zero-order valence-corrected chi connectivity index (χ0v) is 17.1. The fraction of sp³-hybridized carbons (Fsp3) is 0.478. The minimum Gasteiger partial charge on any atom is -0.300 e. The lowest BCUT2D eigenvalue weighted by Crippen LogP contribution is -2.56. The van der Waals surface area contributed by atoms with E-state index in [0.717, 1.165) is 12.0 Å². The molecule has 1 fully saturated rings. The van der Waals surface area contributed by atoms with Crippen molar-refractivity contribution in [1.82, 2.24) is 4.90 Å². The van der Waals surface area contributed by atoms with Crippen LogP contribution in [-0.4, -0.2) is 32.1 Å². The van der Waals surface area contributed by atoms with Crippen molar-refractivity contribution in [1.29, 1.82) is 0 Å². The van der Waals surface area contributed by atoms with Crippen molar-refractivity contribution in [3.8, 4) is 0 Å². The molecule has 1 aliphatic rings. The van der Waals surface area contributed by atoms with Gasteiger partial charge in [-0.2, -0.15) is 0 Å². The standard InChI is InChI=1S/C23H33NSi/c1-20(2)19-24-17-10-11-21(24)16-18-25(3,22-12-6-4-7-13-22)23-14-8-5-9-15-23/h4-9,12-15,20-21H,10-11,16-19H2,1-3H3/t21-/m0/s1. The normalized spacial score (nSPS) is 18.8. The summed E-state index contributed by atoms with van der Waals surface area (Å²) in [4.78, 5) is 2.76. The molecule has 0 aliphatic carbocycles. The van der Waals surface area contributed by atoms with Crippen molar-refractivity contribution in [3.63, 3.8) is 0 Å². The lowest BCUT2D eigenvalue weighted by molar-refractivity contribution is 0.222. The average Bonchev–Trinajstić information content (AvgIpc) is 3.07. The van der Waals surface area contributed by atoms with Crippen LogP contribution in [0.25, 0.3) is 0 Å². The topological polar surface area (TPSA) is 3.24 Å². The Morgan fingerprint density at radius 3 is 2.04 bits per heavy atom. The van der Waals surface area contributed by atoms with Crippen molar-refractivity contribution in [2.75, 3.05) is 13.1 Å². The van der Waals surface area contributed by atoms with Gasteiger partial charge in [0, 0.05) is 12.6 Å². The Labute approximate surface area is 155 Å². The van der Waals surface area contributed by atoms with Gasteiger partial charge in [-0.3, -0.25) is 0 Å². The van der Waals surface area contributed by atoms with E-state index in [9.17, 15) is 0 Å². The molecular formula is C23H33NSi. The second-order valence-electron chi connectivity index (χ2n) is 8.29. The van der Waals surface area contributed by atoms with E-state index in [1.54, 1.807) is 10.4 Å². The number of benzene rings is 2. The van der Waals surface area contributed by atoms with E-state index in [4.69, 9.17) is 0 Å². The maximum absolute atomic E-state index is 2.76. The van der Waals surface area contributed by atoms with Crippen molar-refractivity contribution < 1.29 is 0 Å². The maximum Gasteiger partial charge on any atom is 0.115 e. The molecule has 0 bridgehead atoms. The summed E-state index contributed by atoms with van der Waals surface area (Å²) in [6.45, 7) is 9.83. The third kappa shape index (κ3) is 4.42. The summed E-state index contributed by atoms with van der Waals surface area (Å²) in [5.41, 5.74) is 0. The second-order valence-corrected chi connectivity index (χ2v) is 12.6. The first kappa shape index (κ1) is 18.4. The molecule has 134 valence electrons. The summed E-state index contributed by atoms with van der Waals surface area (Å²) in [6, 6.07) is 24.7. The van der Waals surface area contributed by atoms with Crippen molar-refractivity contribution in [2.45, 2.75) is 51.7 Å². The summed E-state index contributed by atoms with van der Waals surface area (Å²) in [5, 5.41) is 3.16. The molecule has 2 aromatic carbocycles. The summed E-state index contributed by atoms with van der Waals surface area (Å²) in [5.74, 6) is 0.771. The van der Waals surface area contributed by atoms with Gasteiger partial charge in [-0.15, -0.1) is 0 Å². The maximum atomic E-state index is 2.76. The van der Waals surface area contributed by atoms with E-state index in [0.29, 0.717) is 0 Å². The molecule has 1 heterocycles. The van der Waals surface area contributed by atoms with Crippen molar-refractivity contribution in [2.24, 2.45) is 5.92 Å². The Bertz CT molecular complexity index is 598. The van der Waals surface area contributed by atoms with E-state index in [2.05, 4.69) is 86.0 Å². The number of likely N-dealkylation sites (tertiary alicyclic amines) is 1. The van der Waals surface area contributed by atoms with Gasteiger partial charge >= 0.3 is 0 Å². The first-order valence-electron chi connectivity index (χ1n) is 9.95. The Morgan fingerprint density at radius 2 is 1.52 bits per heavy atom. The molecule has 0 spiro atoms. The third-order valence-corrected chi connectivity index (χ3v) is 10.4. The predicted octanol–water partition coefficient (Wildman–Crippen LogP) is 4.39. The molecular weight excluding hydrogens is 318 g/mol. The minimum atomic E-state index is -1.67. The van der Waals surface area contributed by atoms with E-state index < -0.39 is 8.07 Å². The number of rotatable bonds is 7. The lowest BCUT2D eigenvalue weighted by atomic mass is 10.1. The first-order valence-corrected chi connectivity index (χ1v) is 12.7. The predicted molar refractivity (Wildman–Crippen MR) is 113 cm³/mol. The van der Waals surface area contributed by atoms with Crippen molar-refractivity contribution >= 4 is 18.4 Å². The Hall–Kier alpha value is -1.38. The molecule has 0 radical (unpaired) electrons. The van der Waals surface area contributed by atoms with Gasteiger partial charge in [0.15, 0.2) is 0 Å². The summed E-state index contributed by atoms with van der Waals surface area (Å²) < 4.78 is 0. The highest BCUT2D eigenvalue weighted by atomic mass is 28.3. The van der Waals surface area contributed by atoms with Gasteiger partial charge < -0.3 is 4.90 Å². The van der Waals surface area contributed by atoms with Gasteiger partial charge in [0.2, 0.25) is 0 Å². The molecule has 3 rings (SSSR count). The molecule has 25 heavy (non-hydrogen) atoms. The largest absolute Gasteiger partial charge is 0.300 e. The number of hydrogen-bond acceptors (Lipinski definition) is 1. The van der Waals surface area contributed by atoms with E-state index in [1.807, 2.05) is 0 Å². The van der Waals surface area contributed by atoms with Crippen LogP contribution in [0.5, 0.6) is 0 Å². The average molecular weight is 352 g/mol. The van der Waals surface area contributed by atoms with Crippen LogP contribution in [0.15, 0.2) is 60.7 Å². The molecule has 1 nitrogen and oxygen atoms in total. The van der Waals surface area contributed by atoms with E-state index >= 15 is 0 Å². The van der Waals surface area contributed by atoms with Crippen molar-refractivity contribution in [3.05, 3.63) is 60.7 Å². The van der Waals surface area contributed by atoms with Crippen LogP contribution >= 0.6 is 0 Å². The molecule has 1 aliphatic heterocycles. The molecule has 0 saturated carbocycles. The second kappa shape index (κ2) is 8.33. The Balaban J connectivity index is 1.79. The van der Waals surface area contributed by atoms with Crippen LogP contribution < -0.4 is 10.4 Å². The smallest absolute Gasteiger partial charge is 0.115 e. The highest BCUT2D eigenvalue weighted by Gasteiger charge is 2.34. The van der Waals surface area contributed by atoms with Gasteiger partial charge in [0.1, 0.15) is 8.07 Å². The Kier molecular flexibility index (Phi) is 6.13. The number of nitrogens with zero attached hydrogens (tertiary/aromatic N) is 1. The zero-order chi connectivity index (χ0) is 17.7. The van der Waals surface area contributed by atoms with Crippen LogP contribution in [0.2, 0.25) is 12.6 Å². The van der Waals surface area contributed by atoms with Crippen LogP contribution in [0.4, 0.5) is 0 Å². The minimum absolute atomic E-state index is 0.771. The molecule has 1 atom stereocenters. The fourth-order valence-corrected chi connectivity index (χ4v) is 8.13. The molecule has 0 unspecified atom stereocenters. The van der Waals surface area contributed by atoms with Gasteiger partial charge in [-0.05, 0) is 37.8 Å². The van der Waals surface area contributed by atoms with E-state index in [-0.39, 0.29) is 0 Å². The molecule has 0 aromatic heterocycles. The first-order chi connectivity index (χ1) is 12.1. The van der Waals surface area contributed by atoms with Gasteiger partial charge in [-0.25, -0.2) is 0 Å². The number of hydrogen-bond donors (Lipinski definition) is 0. The van der Waals surface area contributed by atoms with Gasteiger partial charge in [-0.1, -0.05) is 91.4 Å². The van der Waals surface area contributed by atoms with Gasteiger partial charge in [0.25, 0.3) is 0 Å². The Morgan fingerprint density at radius 1 is 0.960 bits per heavy atom. The van der Waals surface area contributed by atoms with Crippen LogP contribution in [-0.2, 0) is 0 Å². The molecule has 0 amide bonds. The fourth-order valence-electron chi connectivity index (χ4n) is 4.45. The summed E-state index contributed by atoms with van der Waals surface area (Å²) in [7, 11) is -1.67. The molecule has 2 heteroatoms. The zero-order valence-electron chi connectivity index (χ0n) is 16.1. The van der Waals surface area contributed by atoms with E-state index in [1.165, 1.54) is 38.4 Å². The van der Waals surface area contributed by atoms with Crippen LogP contribution in [0, 0.1) is 5.92 Å². The monoisotopic (exact) mass is 351 g/mol. The highest BCUT2D eigenvalue weighted by molar-refractivity contribution is 7.01.